The molecule has 1 aromatic carbocycles. The van der Waals surface area contributed by atoms with Crippen LogP contribution in [0.1, 0.15) is 23.7 Å². The van der Waals surface area contributed by atoms with E-state index in [-0.39, 0.29) is 30.3 Å². The smallest absolute Gasteiger partial charge is 0.427 e. The SMILES string of the molecule is CC(Oc1ccc(S(C)(=O)=O)cc1C(=O)N1CCC(C2=NCC(C(F)(F)F)O2)C1)C(F)(F)F. The first-order valence-electron chi connectivity index (χ1n) is 9.72. The number of aliphatic imine (C=N–C) groups is 1. The van der Waals surface area contributed by atoms with E-state index >= 15 is 0 Å². The highest BCUT2D eigenvalue weighted by Gasteiger charge is 2.47. The summed E-state index contributed by atoms with van der Waals surface area (Å²) in [5.41, 5.74) is -0.405. The lowest BCUT2D eigenvalue weighted by Gasteiger charge is -2.22. The maximum absolute atomic E-state index is 13.1. The summed E-state index contributed by atoms with van der Waals surface area (Å²) < 4.78 is 111. The van der Waals surface area contributed by atoms with Gasteiger partial charge in [0.05, 0.1) is 22.9 Å². The fraction of sp³-hybridized carbons (Fsp3) is 0.579. The van der Waals surface area contributed by atoms with Gasteiger partial charge >= 0.3 is 12.4 Å². The Morgan fingerprint density at radius 2 is 1.91 bits per heavy atom. The molecule has 3 atom stereocenters. The Morgan fingerprint density at radius 1 is 1.24 bits per heavy atom. The van der Waals surface area contributed by atoms with Crippen molar-refractivity contribution in [1.82, 2.24) is 4.90 Å². The van der Waals surface area contributed by atoms with Crippen molar-refractivity contribution >= 4 is 21.6 Å². The predicted molar refractivity (Wildman–Crippen MR) is 103 cm³/mol. The summed E-state index contributed by atoms with van der Waals surface area (Å²) in [5.74, 6) is -2.05. The third-order valence-corrected chi connectivity index (χ3v) is 6.35. The minimum atomic E-state index is -4.73. The molecule has 7 nitrogen and oxygen atoms in total. The van der Waals surface area contributed by atoms with Crippen LogP contribution in [0.3, 0.4) is 0 Å². The number of alkyl halides is 6. The van der Waals surface area contributed by atoms with Crippen molar-refractivity contribution in [1.29, 1.82) is 0 Å². The van der Waals surface area contributed by atoms with E-state index in [9.17, 15) is 39.6 Å². The molecule has 0 aromatic heterocycles. The first-order valence-corrected chi connectivity index (χ1v) is 11.6. The van der Waals surface area contributed by atoms with Crippen molar-refractivity contribution in [2.45, 2.75) is 42.8 Å². The van der Waals surface area contributed by atoms with Gasteiger partial charge < -0.3 is 14.4 Å². The molecule has 2 aliphatic heterocycles. The lowest BCUT2D eigenvalue weighted by atomic mass is 10.1. The predicted octanol–water partition coefficient (Wildman–Crippen LogP) is 3.24. The molecule has 0 aliphatic carbocycles. The van der Waals surface area contributed by atoms with Gasteiger partial charge in [-0.2, -0.15) is 26.3 Å². The van der Waals surface area contributed by atoms with E-state index in [0.717, 1.165) is 31.4 Å². The van der Waals surface area contributed by atoms with Crippen LogP contribution in [0.15, 0.2) is 28.1 Å². The Morgan fingerprint density at radius 3 is 2.45 bits per heavy atom. The number of sulfone groups is 1. The number of ether oxygens (including phenoxy) is 2. The van der Waals surface area contributed by atoms with Crippen LogP contribution in [0.25, 0.3) is 0 Å². The van der Waals surface area contributed by atoms with Crippen molar-refractivity contribution in [3.63, 3.8) is 0 Å². The molecule has 2 heterocycles. The van der Waals surface area contributed by atoms with Crippen molar-refractivity contribution in [3.8, 4) is 5.75 Å². The maximum Gasteiger partial charge on any atom is 0.427 e. The number of benzene rings is 1. The second-order valence-electron chi connectivity index (χ2n) is 7.80. The topological polar surface area (TPSA) is 85.3 Å². The van der Waals surface area contributed by atoms with Crippen LogP contribution in [0.5, 0.6) is 5.75 Å². The van der Waals surface area contributed by atoms with E-state index in [1.54, 1.807) is 0 Å². The van der Waals surface area contributed by atoms with E-state index in [4.69, 9.17) is 9.47 Å². The molecule has 3 unspecified atom stereocenters. The van der Waals surface area contributed by atoms with Gasteiger partial charge in [-0.05, 0) is 31.5 Å². The van der Waals surface area contributed by atoms with Crippen LogP contribution in [0.4, 0.5) is 26.3 Å². The summed E-state index contributed by atoms with van der Waals surface area (Å²) >= 11 is 0. The maximum atomic E-state index is 13.1. The fourth-order valence-corrected chi connectivity index (χ4v) is 4.02. The van der Waals surface area contributed by atoms with Crippen LogP contribution in [0.2, 0.25) is 0 Å². The second-order valence-corrected chi connectivity index (χ2v) is 9.81. The van der Waals surface area contributed by atoms with Crippen LogP contribution < -0.4 is 4.74 Å². The Labute approximate surface area is 185 Å². The van der Waals surface area contributed by atoms with Gasteiger partial charge in [0, 0.05) is 19.3 Å². The second kappa shape index (κ2) is 8.69. The van der Waals surface area contributed by atoms with Crippen molar-refractivity contribution in [2.75, 3.05) is 25.9 Å². The molecule has 3 rings (SSSR count). The summed E-state index contributed by atoms with van der Waals surface area (Å²) in [6, 6.07) is 2.92. The van der Waals surface area contributed by atoms with Gasteiger partial charge in [-0.25, -0.2) is 8.42 Å². The van der Waals surface area contributed by atoms with Gasteiger partial charge in [-0.15, -0.1) is 0 Å². The zero-order chi connectivity index (χ0) is 24.8. The zero-order valence-corrected chi connectivity index (χ0v) is 18.2. The summed E-state index contributed by atoms with van der Waals surface area (Å²) in [6.45, 7) is 0.101. The van der Waals surface area contributed by atoms with Crippen molar-refractivity contribution < 1.29 is 49.0 Å². The van der Waals surface area contributed by atoms with E-state index in [2.05, 4.69) is 4.99 Å². The van der Waals surface area contributed by atoms with E-state index in [0.29, 0.717) is 0 Å². The zero-order valence-electron chi connectivity index (χ0n) is 17.4. The van der Waals surface area contributed by atoms with Gasteiger partial charge in [0.15, 0.2) is 21.8 Å². The molecule has 1 fully saturated rings. The molecule has 33 heavy (non-hydrogen) atoms. The molecular weight excluding hydrogens is 482 g/mol. The standard InChI is InChI=1S/C19H20F6N2O5S/c1-10(18(20,21)22)31-14-4-3-12(33(2,29)30)7-13(14)17(28)27-6-5-11(9-27)16-26-8-15(32-16)19(23,24)25/h3-4,7,10-11,15H,5-6,8-9H2,1-2H3. The molecule has 1 amide bonds. The Kier molecular flexibility index (Phi) is 6.61. The molecule has 2 aliphatic rings. The molecule has 0 radical (unpaired) electrons. The number of nitrogens with zero attached hydrogens (tertiary/aromatic N) is 2. The minimum absolute atomic E-state index is 0.0555. The van der Waals surface area contributed by atoms with E-state index in [1.165, 1.54) is 4.90 Å². The van der Waals surface area contributed by atoms with Gasteiger partial charge in [0.25, 0.3) is 5.91 Å². The molecule has 0 N–H and O–H groups in total. The molecular formula is C19H20F6N2O5S. The van der Waals surface area contributed by atoms with E-state index in [1.807, 2.05) is 0 Å². The number of hydrogen-bond acceptors (Lipinski definition) is 6. The first kappa shape index (κ1) is 25.1. The molecule has 1 aromatic rings. The molecule has 0 spiro atoms. The third kappa shape index (κ3) is 5.71. The van der Waals surface area contributed by atoms with Crippen molar-refractivity contribution in [2.24, 2.45) is 10.9 Å². The summed E-state index contributed by atoms with van der Waals surface area (Å²) in [7, 11) is -3.79. The molecule has 14 heteroatoms. The lowest BCUT2D eigenvalue weighted by Crippen LogP contribution is -2.35. The van der Waals surface area contributed by atoms with Crippen LogP contribution in [0, 0.1) is 5.92 Å². The summed E-state index contributed by atoms with van der Waals surface area (Å²) in [5, 5.41) is 0. The first-order chi connectivity index (χ1) is 15.1. The van der Waals surface area contributed by atoms with Crippen LogP contribution >= 0.6 is 0 Å². The minimum Gasteiger partial charge on any atom is -0.480 e. The van der Waals surface area contributed by atoms with Crippen LogP contribution in [-0.4, -0.2) is 75.6 Å². The highest BCUT2D eigenvalue weighted by molar-refractivity contribution is 7.90. The highest BCUT2D eigenvalue weighted by Crippen LogP contribution is 2.33. The van der Waals surface area contributed by atoms with Gasteiger partial charge in [-0.3, -0.25) is 9.79 Å². The van der Waals surface area contributed by atoms with Crippen molar-refractivity contribution in [3.05, 3.63) is 23.8 Å². The number of rotatable bonds is 5. The Balaban J connectivity index is 1.82. The van der Waals surface area contributed by atoms with Gasteiger partial charge in [0.2, 0.25) is 6.10 Å². The average molecular weight is 502 g/mol. The molecule has 1 saturated heterocycles. The summed E-state index contributed by atoms with van der Waals surface area (Å²) in [4.78, 5) is 17.7. The third-order valence-electron chi connectivity index (χ3n) is 5.24. The van der Waals surface area contributed by atoms with Crippen LogP contribution in [-0.2, 0) is 14.6 Å². The van der Waals surface area contributed by atoms with Gasteiger partial charge in [0.1, 0.15) is 5.75 Å². The summed E-state index contributed by atoms with van der Waals surface area (Å²) in [6.07, 6.45) is -12.6. The number of carbonyl (C=O) groups is 1. The number of hydrogen-bond donors (Lipinski definition) is 0. The number of likely N-dealkylation sites (tertiary alicyclic amines) is 1. The Hall–Kier alpha value is -2.51. The highest BCUT2D eigenvalue weighted by atomic mass is 32.2. The molecule has 0 saturated carbocycles. The number of halogens is 6. The Bertz CT molecular complexity index is 1050. The number of amides is 1. The quantitative estimate of drug-likeness (QED) is 0.578. The lowest BCUT2D eigenvalue weighted by molar-refractivity contribution is -0.191. The largest absolute Gasteiger partial charge is 0.480 e. The normalized spacial score (nSPS) is 22.7. The number of carbonyl (C=O) groups excluding carboxylic acids is 1. The fourth-order valence-electron chi connectivity index (χ4n) is 3.37. The monoisotopic (exact) mass is 502 g/mol. The average Bonchev–Trinajstić information content (AvgIpc) is 3.35. The molecule has 0 bridgehead atoms. The molecule has 184 valence electrons. The van der Waals surface area contributed by atoms with Gasteiger partial charge in [-0.1, -0.05) is 0 Å². The van der Waals surface area contributed by atoms with E-state index < -0.39 is 64.1 Å².